The highest BCUT2D eigenvalue weighted by atomic mass is 35.5. The lowest BCUT2D eigenvalue weighted by atomic mass is 9.96. The summed E-state index contributed by atoms with van der Waals surface area (Å²) in [5.41, 5.74) is 0.662. The van der Waals surface area contributed by atoms with E-state index in [2.05, 4.69) is 20.6 Å². The lowest BCUT2D eigenvalue weighted by Gasteiger charge is -2.21. The number of nitrogens with zero attached hydrogens (tertiary/aromatic N) is 2. The average molecular weight is 413 g/mol. The average Bonchev–Trinajstić information content (AvgIpc) is 3.21. The minimum Gasteiger partial charge on any atom is -0.354 e. The summed E-state index contributed by atoms with van der Waals surface area (Å²) in [6.07, 6.45) is -2.17. The van der Waals surface area contributed by atoms with Gasteiger partial charge in [0.15, 0.2) is 0 Å². The van der Waals surface area contributed by atoms with Crippen LogP contribution in [0.1, 0.15) is 42.4 Å². The van der Waals surface area contributed by atoms with E-state index in [0.29, 0.717) is 23.6 Å². The van der Waals surface area contributed by atoms with Gasteiger partial charge in [-0.25, -0.2) is 9.97 Å². The Bertz CT molecular complexity index is 888. The minimum absolute atomic E-state index is 0. The zero-order chi connectivity index (χ0) is 19.2. The second-order valence-electron chi connectivity index (χ2n) is 7.15. The summed E-state index contributed by atoms with van der Waals surface area (Å²) in [4.78, 5) is 21.2. The Labute approximate surface area is 166 Å². The first kappa shape index (κ1) is 20.5. The van der Waals surface area contributed by atoms with E-state index in [0.717, 1.165) is 37.1 Å². The number of rotatable bonds is 2. The van der Waals surface area contributed by atoms with Crippen molar-refractivity contribution in [1.29, 1.82) is 0 Å². The first-order valence-corrected chi connectivity index (χ1v) is 8.86. The number of halogens is 4. The van der Waals surface area contributed by atoms with Crippen molar-refractivity contribution in [1.82, 2.24) is 20.6 Å². The molecule has 9 heteroatoms. The number of nitrogens with one attached hydrogen (secondary N) is 2. The zero-order valence-corrected chi connectivity index (χ0v) is 16.0. The Kier molecular flexibility index (Phi) is 5.38. The third-order valence-electron chi connectivity index (χ3n) is 5.27. The molecule has 4 rings (SSSR count). The Morgan fingerprint density at radius 2 is 1.86 bits per heavy atom. The van der Waals surface area contributed by atoms with E-state index in [-0.39, 0.29) is 24.4 Å². The molecule has 2 N–H and O–H groups in total. The molecule has 5 nitrogen and oxygen atoms in total. The zero-order valence-electron chi connectivity index (χ0n) is 15.1. The van der Waals surface area contributed by atoms with E-state index in [9.17, 15) is 18.0 Å². The van der Waals surface area contributed by atoms with Gasteiger partial charge < -0.3 is 5.32 Å². The quantitative estimate of drug-likeness (QED) is 0.791. The maximum atomic E-state index is 12.8. The van der Waals surface area contributed by atoms with E-state index in [1.54, 1.807) is 6.07 Å². The third kappa shape index (κ3) is 3.71. The predicted octanol–water partition coefficient (Wildman–Crippen LogP) is 3.58. The van der Waals surface area contributed by atoms with Gasteiger partial charge in [-0.05, 0) is 44.4 Å². The van der Waals surface area contributed by atoms with Gasteiger partial charge in [0.05, 0.1) is 17.3 Å². The molecule has 1 aromatic carbocycles. The fourth-order valence-electron chi connectivity index (χ4n) is 3.84. The van der Waals surface area contributed by atoms with Crippen molar-refractivity contribution in [3.8, 4) is 11.3 Å². The molecule has 0 bridgehead atoms. The molecule has 150 valence electrons. The summed E-state index contributed by atoms with van der Waals surface area (Å²) in [7, 11) is 0. The van der Waals surface area contributed by atoms with Crippen molar-refractivity contribution >= 4 is 18.3 Å². The number of carbonyl (C=O) groups is 1. The van der Waals surface area contributed by atoms with Crippen LogP contribution in [0, 0.1) is 6.92 Å². The second-order valence-corrected chi connectivity index (χ2v) is 7.15. The van der Waals surface area contributed by atoms with Gasteiger partial charge in [-0.1, -0.05) is 12.1 Å². The lowest BCUT2D eigenvalue weighted by molar-refractivity contribution is -0.137. The standard InChI is InChI=1S/C19H19F3N4O.ClH/c1-11-10-15(12-2-4-13(5-3-12)19(20,21)22)25-16(24-11)14-6-7-18(26-14)8-9-23-17(18)27;/h2-5,10,14,26H,6-9H2,1H3,(H,23,27);1H/t14-,18+;/m1./s1. The molecule has 2 atom stereocenters. The van der Waals surface area contributed by atoms with Gasteiger partial charge in [-0.2, -0.15) is 13.2 Å². The Morgan fingerprint density at radius 3 is 2.46 bits per heavy atom. The summed E-state index contributed by atoms with van der Waals surface area (Å²) < 4.78 is 38.3. The van der Waals surface area contributed by atoms with Crippen LogP contribution in [0.15, 0.2) is 30.3 Å². The molecule has 0 unspecified atom stereocenters. The number of amides is 1. The van der Waals surface area contributed by atoms with Crippen molar-refractivity contribution in [3.63, 3.8) is 0 Å². The molecule has 0 saturated carbocycles. The van der Waals surface area contributed by atoms with Gasteiger partial charge in [0.1, 0.15) is 11.4 Å². The van der Waals surface area contributed by atoms with Crippen LogP contribution in [0.25, 0.3) is 11.3 Å². The van der Waals surface area contributed by atoms with Crippen LogP contribution in [-0.4, -0.2) is 28.0 Å². The smallest absolute Gasteiger partial charge is 0.354 e. The molecule has 0 radical (unpaired) electrons. The van der Waals surface area contributed by atoms with Gasteiger partial charge in [-0.15, -0.1) is 12.4 Å². The molecular weight excluding hydrogens is 393 g/mol. The molecule has 1 aromatic heterocycles. The van der Waals surface area contributed by atoms with Crippen LogP contribution in [-0.2, 0) is 11.0 Å². The monoisotopic (exact) mass is 412 g/mol. The molecule has 2 aliphatic heterocycles. The first-order valence-electron chi connectivity index (χ1n) is 8.86. The molecule has 3 heterocycles. The Hall–Kier alpha value is -2.19. The molecule has 1 spiro atoms. The summed E-state index contributed by atoms with van der Waals surface area (Å²) in [5, 5.41) is 6.24. The lowest BCUT2D eigenvalue weighted by Crippen LogP contribution is -2.47. The molecule has 2 aliphatic rings. The maximum absolute atomic E-state index is 12.8. The normalized spacial score (nSPS) is 24.3. The molecule has 0 aliphatic carbocycles. The molecule has 2 aromatic rings. The number of aromatic nitrogens is 2. The number of benzene rings is 1. The van der Waals surface area contributed by atoms with Crippen LogP contribution < -0.4 is 10.6 Å². The number of aryl methyl sites for hydroxylation is 1. The molecular formula is C19H20ClF3N4O. The van der Waals surface area contributed by atoms with Crippen LogP contribution in [0.3, 0.4) is 0 Å². The van der Waals surface area contributed by atoms with Gasteiger partial charge in [-0.3, -0.25) is 10.1 Å². The van der Waals surface area contributed by atoms with Crippen molar-refractivity contribution in [2.45, 2.75) is 43.9 Å². The molecule has 1 amide bonds. The van der Waals surface area contributed by atoms with Gasteiger partial charge in [0.25, 0.3) is 0 Å². The Balaban J connectivity index is 0.00000225. The van der Waals surface area contributed by atoms with Crippen LogP contribution in [0.2, 0.25) is 0 Å². The number of carbonyl (C=O) groups excluding carboxylic acids is 1. The van der Waals surface area contributed by atoms with Crippen molar-refractivity contribution in [3.05, 3.63) is 47.4 Å². The van der Waals surface area contributed by atoms with Crippen LogP contribution in [0.5, 0.6) is 0 Å². The van der Waals surface area contributed by atoms with E-state index < -0.39 is 17.3 Å². The second kappa shape index (κ2) is 7.33. The van der Waals surface area contributed by atoms with Crippen molar-refractivity contribution in [2.75, 3.05) is 6.54 Å². The molecule has 2 fully saturated rings. The van der Waals surface area contributed by atoms with Gasteiger partial charge in [0, 0.05) is 17.8 Å². The molecule has 2 saturated heterocycles. The van der Waals surface area contributed by atoms with Crippen LogP contribution in [0.4, 0.5) is 13.2 Å². The SMILES string of the molecule is Cc1cc(-c2ccc(C(F)(F)F)cc2)nc([C@H]2CC[C@@]3(CCNC3=O)N2)n1.Cl. The van der Waals surface area contributed by atoms with Gasteiger partial charge in [0.2, 0.25) is 5.91 Å². The Morgan fingerprint density at radius 1 is 1.14 bits per heavy atom. The fourth-order valence-corrected chi connectivity index (χ4v) is 3.84. The summed E-state index contributed by atoms with van der Waals surface area (Å²) in [5.74, 6) is 0.585. The fraction of sp³-hybridized carbons (Fsp3) is 0.421. The molecule has 28 heavy (non-hydrogen) atoms. The van der Waals surface area contributed by atoms with E-state index in [4.69, 9.17) is 0 Å². The predicted molar refractivity (Wildman–Crippen MR) is 99.9 cm³/mol. The summed E-state index contributed by atoms with van der Waals surface area (Å²) >= 11 is 0. The van der Waals surface area contributed by atoms with Crippen molar-refractivity contribution in [2.24, 2.45) is 0 Å². The highest BCUT2D eigenvalue weighted by Crippen LogP contribution is 2.36. The van der Waals surface area contributed by atoms with Crippen LogP contribution >= 0.6 is 12.4 Å². The number of hydrogen-bond acceptors (Lipinski definition) is 4. The van der Waals surface area contributed by atoms with E-state index in [1.165, 1.54) is 12.1 Å². The third-order valence-corrected chi connectivity index (χ3v) is 5.27. The number of alkyl halides is 3. The van der Waals surface area contributed by atoms with Crippen molar-refractivity contribution < 1.29 is 18.0 Å². The minimum atomic E-state index is -4.37. The summed E-state index contributed by atoms with van der Waals surface area (Å²) in [6, 6.07) is 6.54. The van der Waals surface area contributed by atoms with E-state index >= 15 is 0 Å². The highest BCUT2D eigenvalue weighted by molar-refractivity contribution is 5.88. The van der Waals surface area contributed by atoms with Gasteiger partial charge >= 0.3 is 6.18 Å². The first-order chi connectivity index (χ1) is 12.8. The highest BCUT2D eigenvalue weighted by Gasteiger charge is 2.48. The maximum Gasteiger partial charge on any atom is 0.416 e. The largest absolute Gasteiger partial charge is 0.416 e. The summed E-state index contributed by atoms with van der Waals surface area (Å²) in [6.45, 7) is 2.48. The topological polar surface area (TPSA) is 66.9 Å². The number of hydrogen-bond donors (Lipinski definition) is 2. The van der Waals surface area contributed by atoms with E-state index in [1.807, 2.05) is 6.92 Å².